The van der Waals surface area contributed by atoms with E-state index < -0.39 is 0 Å². The standard InChI is InChI=1S/C17H32N2O/c1-5-8-15-18-17(4,7-3)16(20)19(15)14-11-9-13(6-2)10-12-14/h13-15,18H,5-12H2,1-4H3. The van der Waals surface area contributed by atoms with Gasteiger partial charge >= 0.3 is 0 Å². The van der Waals surface area contributed by atoms with Gasteiger partial charge in [0.2, 0.25) is 5.91 Å². The maximum absolute atomic E-state index is 12.9. The molecule has 1 heterocycles. The van der Waals surface area contributed by atoms with Crippen LogP contribution in [0.4, 0.5) is 0 Å². The van der Waals surface area contributed by atoms with Crippen molar-refractivity contribution in [2.75, 3.05) is 0 Å². The van der Waals surface area contributed by atoms with Crippen LogP contribution in [-0.2, 0) is 4.79 Å². The van der Waals surface area contributed by atoms with Crippen LogP contribution in [-0.4, -0.2) is 28.6 Å². The Bertz CT molecular complexity index is 336. The summed E-state index contributed by atoms with van der Waals surface area (Å²) in [4.78, 5) is 15.1. The molecule has 2 atom stereocenters. The van der Waals surface area contributed by atoms with Gasteiger partial charge in [-0.05, 0) is 51.4 Å². The first-order valence-corrected chi connectivity index (χ1v) is 8.66. The van der Waals surface area contributed by atoms with Crippen LogP contribution < -0.4 is 5.32 Å². The predicted molar refractivity (Wildman–Crippen MR) is 83.4 cm³/mol. The van der Waals surface area contributed by atoms with E-state index >= 15 is 0 Å². The van der Waals surface area contributed by atoms with E-state index in [1.165, 1.54) is 32.1 Å². The highest BCUT2D eigenvalue weighted by Crippen LogP contribution is 2.35. The van der Waals surface area contributed by atoms with Crippen LogP contribution >= 0.6 is 0 Å². The second kappa shape index (κ2) is 6.46. The van der Waals surface area contributed by atoms with E-state index in [0.717, 1.165) is 25.2 Å². The molecule has 0 radical (unpaired) electrons. The average Bonchev–Trinajstić information content (AvgIpc) is 2.72. The molecule has 2 fully saturated rings. The minimum atomic E-state index is -0.332. The summed E-state index contributed by atoms with van der Waals surface area (Å²) < 4.78 is 0. The number of amides is 1. The normalized spacial score (nSPS) is 38.5. The van der Waals surface area contributed by atoms with E-state index in [9.17, 15) is 4.79 Å². The van der Waals surface area contributed by atoms with Crippen molar-refractivity contribution >= 4 is 5.91 Å². The molecule has 1 aliphatic carbocycles. The van der Waals surface area contributed by atoms with Crippen LogP contribution in [0.1, 0.15) is 79.1 Å². The molecule has 3 heteroatoms. The van der Waals surface area contributed by atoms with Gasteiger partial charge in [-0.15, -0.1) is 0 Å². The zero-order chi connectivity index (χ0) is 14.8. The highest BCUT2D eigenvalue weighted by molar-refractivity contribution is 5.88. The first kappa shape index (κ1) is 15.8. The fourth-order valence-corrected chi connectivity index (χ4v) is 3.92. The van der Waals surface area contributed by atoms with Gasteiger partial charge in [0.05, 0.1) is 11.7 Å². The third-order valence-corrected chi connectivity index (χ3v) is 5.58. The van der Waals surface area contributed by atoms with Crippen LogP contribution in [0.3, 0.4) is 0 Å². The number of carbonyl (C=O) groups excluding carboxylic acids is 1. The maximum Gasteiger partial charge on any atom is 0.244 e. The van der Waals surface area contributed by atoms with Gasteiger partial charge in [0, 0.05) is 6.04 Å². The van der Waals surface area contributed by atoms with E-state index in [1.807, 2.05) is 0 Å². The first-order chi connectivity index (χ1) is 9.55. The molecule has 0 aromatic rings. The molecule has 1 saturated carbocycles. The average molecular weight is 280 g/mol. The molecule has 2 unspecified atom stereocenters. The van der Waals surface area contributed by atoms with Gasteiger partial charge in [0.15, 0.2) is 0 Å². The fraction of sp³-hybridized carbons (Fsp3) is 0.941. The van der Waals surface area contributed by atoms with Gasteiger partial charge in [-0.1, -0.05) is 33.6 Å². The van der Waals surface area contributed by atoms with E-state index in [-0.39, 0.29) is 11.7 Å². The van der Waals surface area contributed by atoms with Gasteiger partial charge in [-0.25, -0.2) is 0 Å². The molecule has 0 aromatic carbocycles. The molecule has 1 aliphatic heterocycles. The minimum absolute atomic E-state index is 0.264. The van der Waals surface area contributed by atoms with Gasteiger partial charge in [-0.2, -0.15) is 0 Å². The SMILES string of the molecule is CCCC1NC(C)(CC)C(=O)N1C1CCC(CC)CC1. The molecular weight excluding hydrogens is 248 g/mol. The molecule has 20 heavy (non-hydrogen) atoms. The van der Waals surface area contributed by atoms with E-state index in [2.05, 4.69) is 37.9 Å². The number of nitrogens with one attached hydrogen (secondary N) is 1. The van der Waals surface area contributed by atoms with Crippen molar-refractivity contribution in [1.29, 1.82) is 0 Å². The van der Waals surface area contributed by atoms with Gasteiger partial charge in [0.25, 0.3) is 0 Å². The monoisotopic (exact) mass is 280 g/mol. The molecule has 0 spiro atoms. The molecule has 0 aromatic heterocycles. The molecule has 0 bridgehead atoms. The lowest BCUT2D eigenvalue weighted by atomic mass is 9.83. The Kier molecular flexibility index (Phi) is 5.11. The Balaban J connectivity index is 2.09. The Hall–Kier alpha value is -0.570. The summed E-state index contributed by atoms with van der Waals surface area (Å²) in [5.74, 6) is 1.23. The summed E-state index contributed by atoms with van der Waals surface area (Å²) in [5.41, 5.74) is -0.332. The maximum atomic E-state index is 12.9. The smallest absolute Gasteiger partial charge is 0.244 e. The Morgan fingerprint density at radius 3 is 2.35 bits per heavy atom. The molecule has 116 valence electrons. The second-order valence-electron chi connectivity index (χ2n) is 6.93. The highest BCUT2D eigenvalue weighted by Gasteiger charge is 2.48. The topological polar surface area (TPSA) is 32.3 Å². The predicted octanol–water partition coefficient (Wildman–Crippen LogP) is 3.68. The van der Waals surface area contributed by atoms with E-state index in [0.29, 0.717) is 11.9 Å². The summed E-state index contributed by atoms with van der Waals surface area (Å²) in [6, 6.07) is 0.475. The lowest BCUT2D eigenvalue weighted by molar-refractivity contribution is -0.136. The lowest BCUT2D eigenvalue weighted by Gasteiger charge is -2.37. The molecule has 2 aliphatic rings. The zero-order valence-electron chi connectivity index (χ0n) is 13.7. The van der Waals surface area contributed by atoms with E-state index in [4.69, 9.17) is 0 Å². The molecule has 1 N–H and O–H groups in total. The van der Waals surface area contributed by atoms with Crippen LogP contribution in [0.15, 0.2) is 0 Å². The van der Waals surface area contributed by atoms with Crippen LogP contribution in [0.25, 0.3) is 0 Å². The quantitative estimate of drug-likeness (QED) is 0.833. The number of rotatable bonds is 5. The lowest BCUT2D eigenvalue weighted by Crippen LogP contribution is -2.46. The Labute approximate surface area is 124 Å². The fourth-order valence-electron chi connectivity index (χ4n) is 3.92. The van der Waals surface area contributed by atoms with Crippen molar-refractivity contribution in [2.45, 2.75) is 96.8 Å². The van der Waals surface area contributed by atoms with Crippen LogP contribution in [0.2, 0.25) is 0 Å². The summed E-state index contributed by atoms with van der Waals surface area (Å²) in [6.45, 7) is 8.70. The molecule has 3 nitrogen and oxygen atoms in total. The Morgan fingerprint density at radius 2 is 1.85 bits per heavy atom. The summed E-state index contributed by atoms with van der Waals surface area (Å²) in [6.07, 6.45) is 9.65. The zero-order valence-corrected chi connectivity index (χ0v) is 13.7. The van der Waals surface area contributed by atoms with Crippen molar-refractivity contribution < 1.29 is 4.79 Å². The number of hydrogen-bond acceptors (Lipinski definition) is 2. The second-order valence-corrected chi connectivity index (χ2v) is 6.93. The minimum Gasteiger partial charge on any atom is -0.323 e. The number of hydrogen-bond donors (Lipinski definition) is 1. The van der Waals surface area contributed by atoms with Crippen LogP contribution in [0, 0.1) is 5.92 Å². The largest absolute Gasteiger partial charge is 0.323 e. The van der Waals surface area contributed by atoms with Crippen molar-refractivity contribution in [2.24, 2.45) is 5.92 Å². The van der Waals surface area contributed by atoms with Gasteiger partial charge in [0.1, 0.15) is 0 Å². The summed E-state index contributed by atoms with van der Waals surface area (Å²) in [7, 11) is 0. The van der Waals surface area contributed by atoms with Crippen molar-refractivity contribution in [1.82, 2.24) is 10.2 Å². The highest BCUT2D eigenvalue weighted by atomic mass is 16.2. The van der Waals surface area contributed by atoms with Crippen LogP contribution in [0.5, 0.6) is 0 Å². The summed E-state index contributed by atoms with van der Waals surface area (Å²) in [5, 5.41) is 3.62. The molecule has 2 rings (SSSR count). The third kappa shape index (κ3) is 2.88. The van der Waals surface area contributed by atoms with Crippen molar-refractivity contribution in [3.8, 4) is 0 Å². The Morgan fingerprint density at radius 1 is 1.20 bits per heavy atom. The van der Waals surface area contributed by atoms with Gasteiger partial charge in [-0.3, -0.25) is 10.1 Å². The van der Waals surface area contributed by atoms with Crippen molar-refractivity contribution in [3.63, 3.8) is 0 Å². The number of nitrogens with zero attached hydrogens (tertiary/aromatic N) is 1. The third-order valence-electron chi connectivity index (χ3n) is 5.58. The number of carbonyl (C=O) groups is 1. The summed E-state index contributed by atoms with van der Waals surface area (Å²) >= 11 is 0. The molecule has 1 saturated heterocycles. The molecular formula is C17H32N2O. The first-order valence-electron chi connectivity index (χ1n) is 8.66. The van der Waals surface area contributed by atoms with Crippen molar-refractivity contribution in [3.05, 3.63) is 0 Å². The van der Waals surface area contributed by atoms with Gasteiger partial charge < -0.3 is 4.90 Å². The molecule has 1 amide bonds. The van der Waals surface area contributed by atoms with E-state index in [1.54, 1.807) is 0 Å².